The average molecular weight is 426 g/mol. The molecule has 2 N–H and O–H groups in total. The van der Waals surface area contributed by atoms with Crippen molar-refractivity contribution in [2.24, 2.45) is 4.99 Å². The molecule has 0 radical (unpaired) electrons. The van der Waals surface area contributed by atoms with E-state index in [1.165, 1.54) is 5.56 Å². The van der Waals surface area contributed by atoms with Crippen LogP contribution in [0.4, 0.5) is 0 Å². The zero-order chi connectivity index (χ0) is 21.4. The number of benzene rings is 1. The summed E-state index contributed by atoms with van der Waals surface area (Å²) in [5, 5.41) is 11.1. The molecule has 2 rings (SSSR count). The fourth-order valence-electron chi connectivity index (χ4n) is 3.20. The van der Waals surface area contributed by atoms with E-state index in [0.717, 1.165) is 58.8 Å². The van der Waals surface area contributed by atoms with Gasteiger partial charge in [0.2, 0.25) is 0 Å². The van der Waals surface area contributed by atoms with Gasteiger partial charge in [0, 0.05) is 24.4 Å². The van der Waals surface area contributed by atoms with Crippen molar-refractivity contribution in [1.29, 1.82) is 5.26 Å². The topological polar surface area (TPSA) is 60.2 Å². The summed E-state index contributed by atoms with van der Waals surface area (Å²) in [6.07, 6.45) is 9.72. The fourth-order valence-corrected chi connectivity index (χ4v) is 4.11. The van der Waals surface area contributed by atoms with Crippen molar-refractivity contribution in [3.8, 4) is 6.07 Å². The Morgan fingerprint density at radius 3 is 2.72 bits per heavy atom. The summed E-state index contributed by atoms with van der Waals surface area (Å²) in [6, 6.07) is 7.09. The molecule has 1 heterocycles. The molecule has 0 spiro atoms. The molecular formula is C23H32N4P2. The first-order chi connectivity index (χ1) is 13.9. The second-order valence-electron chi connectivity index (χ2n) is 7.22. The number of allylic oxidation sites excluding steroid dienone is 4. The van der Waals surface area contributed by atoms with Gasteiger partial charge in [-0.2, -0.15) is 5.26 Å². The quantitative estimate of drug-likeness (QED) is 0.369. The van der Waals surface area contributed by atoms with Crippen LogP contribution in [0.5, 0.6) is 0 Å². The SMILES string of the molecule is CCc1cc(C)c(/C(C#N)=C(\C)C2=NC=C(NNC(CC)CP)CC=C2)cc1P. The van der Waals surface area contributed by atoms with E-state index in [9.17, 15) is 5.26 Å². The van der Waals surface area contributed by atoms with Crippen LogP contribution in [0, 0.1) is 18.3 Å². The predicted octanol–water partition coefficient (Wildman–Crippen LogP) is 4.35. The molecule has 1 aliphatic heterocycles. The Balaban J connectivity index is 2.35. The Hall–Kier alpha value is -1.78. The van der Waals surface area contributed by atoms with Crippen molar-refractivity contribution in [2.75, 3.05) is 6.16 Å². The molecule has 1 aromatic carbocycles. The van der Waals surface area contributed by atoms with Crippen LogP contribution in [-0.4, -0.2) is 17.9 Å². The van der Waals surface area contributed by atoms with Crippen molar-refractivity contribution in [3.05, 3.63) is 58.4 Å². The molecule has 6 heteroatoms. The number of aryl methyl sites for hydroxylation is 2. The van der Waals surface area contributed by atoms with Gasteiger partial charge in [-0.15, -0.1) is 18.5 Å². The van der Waals surface area contributed by atoms with Crippen LogP contribution in [0.1, 0.15) is 50.3 Å². The number of hydrazine groups is 1. The molecular weight excluding hydrogens is 394 g/mol. The van der Waals surface area contributed by atoms with Crippen molar-refractivity contribution < 1.29 is 0 Å². The number of hydrogen-bond donors (Lipinski definition) is 2. The van der Waals surface area contributed by atoms with E-state index in [1.54, 1.807) is 0 Å². The van der Waals surface area contributed by atoms with Crippen LogP contribution in [0.3, 0.4) is 0 Å². The molecule has 4 nitrogen and oxygen atoms in total. The van der Waals surface area contributed by atoms with Gasteiger partial charge < -0.3 is 5.43 Å². The van der Waals surface area contributed by atoms with Gasteiger partial charge in [0.15, 0.2) is 0 Å². The largest absolute Gasteiger partial charge is 0.323 e. The predicted molar refractivity (Wildman–Crippen MR) is 132 cm³/mol. The van der Waals surface area contributed by atoms with Gasteiger partial charge >= 0.3 is 0 Å². The molecule has 3 unspecified atom stereocenters. The maximum Gasteiger partial charge on any atom is 0.100 e. The summed E-state index contributed by atoms with van der Waals surface area (Å²) in [5.74, 6) is 0. The van der Waals surface area contributed by atoms with E-state index in [-0.39, 0.29) is 0 Å². The first-order valence-electron chi connectivity index (χ1n) is 10.1. The molecule has 1 aliphatic rings. The second-order valence-corrected chi connectivity index (χ2v) is 8.31. The lowest BCUT2D eigenvalue weighted by Gasteiger charge is -2.17. The van der Waals surface area contributed by atoms with Crippen LogP contribution < -0.4 is 16.2 Å². The highest BCUT2D eigenvalue weighted by Crippen LogP contribution is 2.25. The Morgan fingerprint density at radius 2 is 2.10 bits per heavy atom. The minimum Gasteiger partial charge on any atom is -0.323 e. The molecule has 0 aliphatic carbocycles. The van der Waals surface area contributed by atoms with Gasteiger partial charge in [-0.05, 0) is 72.6 Å². The Bertz CT molecular complexity index is 900. The minimum atomic E-state index is 0.401. The first-order valence-corrected chi connectivity index (χ1v) is 11.5. The lowest BCUT2D eigenvalue weighted by atomic mass is 9.93. The number of nitrogens with zero attached hydrogens (tertiary/aromatic N) is 2. The minimum absolute atomic E-state index is 0.401. The number of hydrogen-bond acceptors (Lipinski definition) is 4. The van der Waals surface area contributed by atoms with Crippen LogP contribution in [-0.2, 0) is 6.42 Å². The summed E-state index contributed by atoms with van der Waals surface area (Å²) in [6.45, 7) is 8.35. The Labute approximate surface area is 180 Å². The third kappa shape index (κ3) is 6.10. The molecule has 29 heavy (non-hydrogen) atoms. The van der Waals surface area contributed by atoms with Crippen molar-refractivity contribution in [2.45, 2.75) is 53.0 Å². The van der Waals surface area contributed by atoms with Gasteiger partial charge in [-0.3, -0.25) is 4.99 Å². The van der Waals surface area contributed by atoms with E-state index in [1.807, 2.05) is 19.2 Å². The third-order valence-corrected chi connectivity index (χ3v) is 6.30. The van der Waals surface area contributed by atoms with Crippen molar-refractivity contribution in [3.63, 3.8) is 0 Å². The fraction of sp³-hybridized carbons (Fsp3) is 0.391. The molecule has 1 aromatic rings. The zero-order valence-electron chi connectivity index (χ0n) is 17.8. The first kappa shape index (κ1) is 23.5. The van der Waals surface area contributed by atoms with Crippen LogP contribution in [0.15, 0.2) is 46.7 Å². The van der Waals surface area contributed by atoms with E-state index in [0.29, 0.717) is 11.6 Å². The third-order valence-electron chi connectivity index (χ3n) is 5.19. The highest BCUT2D eigenvalue weighted by molar-refractivity contribution is 7.27. The molecule has 3 atom stereocenters. The summed E-state index contributed by atoms with van der Waals surface area (Å²) in [5.41, 5.74) is 13.4. The lowest BCUT2D eigenvalue weighted by molar-refractivity contribution is 0.481. The smallest absolute Gasteiger partial charge is 0.100 e. The molecule has 0 bridgehead atoms. The summed E-state index contributed by atoms with van der Waals surface area (Å²) < 4.78 is 0. The van der Waals surface area contributed by atoms with Gasteiger partial charge in [0.25, 0.3) is 0 Å². The number of nitrogens with one attached hydrogen (secondary N) is 2. The van der Waals surface area contributed by atoms with Crippen molar-refractivity contribution >= 4 is 35.1 Å². The maximum atomic E-state index is 9.91. The van der Waals surface area contributed by atoms with Gasteiger partial charge in [0.1, 0.15) is 6.07 Å². The molecule has 0 saturated carbocycles. The Morgan fingerprint density at radius 1 is 1.34 bits per heavy atom. The standard InChI is InChI=1S/C23H32N4P2/c1-5-17-10-15(3)20(11-23(17)29)21(12-24)16(4)22-9-7-8-19(13-25-22)27-26-18(6-2)14-28/h7,9-11,13,18,26-27H,5-6,8,14,28-29H2,1-4H3/b21-16+. The number of rotatable bonds is 8. The van der Waals surface area contributed by atoms with E-state index < -0.39 is 0 Å². The van der Waals surface area contributed by atoms with Gasteiger partial charge in [-0.1, -0.05) is 26.0 Å². The normalized spacial score (nSPS) is 15.6. The summed E-state index contributed by atoms with van der Waals surface area (Å²) in [4.78, 5) is 4.66. The molecule has 0 aromatic heterocycles. The van der Waals surface area contributed by atoms with E-state index >= 15 is 0 Å². The highest BCUT2D eigenvalue weighted by atomic mass is 31.0. The van der Waals surface area contributed by atoms with Crippen molar-refractivity contribution in [1.82, 2.24) is 10.9 Å². The van der Waals surface area contributed by atoms with Gasteiger partial charge in [-0.25, -0.2) is 5.43 Å². The highest BCUT2D eigenvalue weighted by Gasteiger charge is 2.14. The van der Waals surface area contributed by atoms with Crippen LogP contribution in [0.2, 0.25) is 0 Å². The van der Waals surface area contributed by atoms with Crippen LogP contribution in [0.25, 0.3) is 5.57 Å². The number of nitriles is 1. The van der Waals surface area contributed by atoms with E-state index in [2.05, 4.69) is 79.4 Å². The monoisotopic (exact) mass is 426 g/mol. The number of aliphatic imine (C=N–C) groups is 1. The lowest BCUT2D eigenvalue weighted by Crippen LogP contribution is -2.40. The zero-order valence-corrected chi connectivity index (χ0v) is 20.2. The average Bonchev–Trinajstić information content (AvgIpc) is 2.97. The maximum absolute atomic E-state index is 9.91. The molecule has 0 saturated heterocycles. The van der Waals surface area contributed by atoms with Gasteiger partial charge in [0.05, 0.1) is 11.3 Å². The summed E-state index contributed by atoms with van der Waals surface area (Å²) in [7, 11) is 5.56. The second kappa shape index (κ2) is 11.4. The van der Waals surface area contributed by atoms with E-state index in [4.69, 9.17) is 0 Å². The molecule has 0 amide bonds. The summed E-state index contributed by atoms with van der Waals surface area (Å²) >= 11 is 0. The molecule has 0 fully saturated rings. The molecule has 154 valence electrons. The van der Waals surface area contributed by atoms with Crippen LogP contribution >= 0.6 is 18.5 Å². The Kier molecular flexibility index (Phi) is 9.25.